The number of nitrogens with zero attached hydrogens (tertiary/aromatic N) is 1. The highest BCUT2D eigenvalue weighted by atomic mass is 32.1. The molecule has 18 heavy (non-hydrogen) atoms. The summed E-state index contributed by atoms with van der Waals surface area (Å²) in [5.74, 6) is 0. The standard InChI is InChI=1S/C15H25NOS/c1-3-15(4-2,16-9-5-6-10-16)14(17)12-13-8-7-11-18-13/h7-8,11,14,17H,3-6,9-10,12H2,1-2H3. The van der Waals surface area contributed by atoms with Crippen LogP contribution in [-0.4, -0.2) is 34.7 Å². The highest BCUT2D eigenvalue weighted by Crippen LogP contribution is 2.33. The molecular weight excluding hydrogens is 242 g/mol. The summed E-state index contributed by atoms with van der Waals surface area (Å²) >= 11 is 1.75. The number of hydrogen-bond acceptors (Lipinski definition) is 3. The third-order valence-electron chi connectivity index (χ3n) is 4.56. The van der Waals surface area contributed by atoms with Crippen LogP contribution in [0.3, 0.4) is 0 Å². The predicted molar refractivity (Wildman–Crippen MR) is 78.1 cm³/mol. The molecule has 1 saturated heterocycles. The van der Waals surface area contributed by atoms with Crippen molar-refractivity contribution in [2.45, 2.75) is 57.6 Å². The first-order valence-electron chi connectivity index (χ1n) is 7.18. The molecule has 1 aliphatic rings. The molecule has 0 spiro atoms. The van der Waals surface area contributed by atoms with Gasteiger partial charge >= 0.3 is 0 Å². The lowest BCUT2D eigenvalue weighted by molar-refractivity contribution is -0.0266. The Hall–Kier alpha value is -0.380. The quantitative estimate of drug-likeness (QED) is 0.855. The van der Waals surface area contributed by atoms with Crippen LogP contribution in [0.5, 0.6) is 0 Å². The van der Waals surface area contributed by atoms with Gasteiger partial charge < -0.3 is 5.11 Å². The van der Waals surface area contributed by atoms with Crippen LogP contribution in [0, 0.1) is 0 Å². The summed E-state index contributed by atoms with van der Waals surface area (Å²) in [7, 11) is 0. The Morgan fingerprint density at radius 1 is 1.33 bits per heavy atom. The number of rotatable bonds is 6. The average Bonchev–Trinajstić information content (AvgIpc) is 3.04. The largest absolute Gasteiger partial charge is 0.391 e. The van der Waals surface area contributed by atoms with Gasteiger partial charge in [-0.3, -0.25) is 4.90 Å². The first-order valence-corrected chi connectivity index (χ1v) is 8.06. The minimum absolute atomic E-state index is 0.0134. The van der Waals surface area contributed by atoms with E-state index in [4.69, 9.17) is 0 Å². The molecule has 1 N–H and O–H groups in total. The van der Waals surface area contributed by atoms with Crippen molar-refractivity contribution in [3.05, 3.63) is 22.4 Å². The number of aliphatic hydroxyl groups excluding tert-OH is 1. The fourth-order valence-electron chi connectivity index (χ4n) is 3.35. The Balaban J connectivity index is 2.12. The van der Waals surface area contributed by atoms with Crippen LogP contribution in [0.2, 0.25) is 0 Å². The minimum Gasteiger partial charge on any atom is -0.391 e. The van der Waals surface area contributed by atoms with Gasteiger partial charge in [0.1, 0.15) is 0 Å². The summed E-state index contributed by atoms with van der Waals surface area (Å²) < 4.78 is 0. The van der Waals surface area contributed by atoms with E-state index in [0.29, 0.717) is 0 Å². The highest BCUT2D eigenvalue weighted by molar-refractivity contribution is 7.09. The molecule has 2 nitrogen and oxygen atoms in total. The summed E-state index contributed by atoms with van der Waals surface area (Å²) in [6.45, 7) is 6.76. The van der Waals surface area contributed by atoms with Crippen molar-refractivity contribution in [1.82, 2.24) is 4.90 Å². The number of aliphatic hydroxyl groups is 1. The van der Waals surface area contributed by atoms with Crippen LogP contribution in [0.1, 0.15) is 44.4 Å². The van der Waals surface area contributed by atoms with E-state index in [2.05, 4.69) is 36.3 Å². The van der Waals surface area contributed by atoms with E-state index in [1.807, 2.05) is 0 Å². The second kappa shape index (κ2) is 6.18. The zero-order valence-electron chi connectivity index (χ0n) is 11.6. The normalized spacial score (nSPS) is 19.3. The van der Waals surface area contributed by atoms with Crippen molar-refractivity contribution < 1.29 is 5.11 Å². The van der Waals surface area contributed by atoms with E-state index in [1.54, 1.807) is 11.3 Å². The molecule has 0 aromatic carbocycles. The van der Waals surface area contributed by atoms with Crippen molar-refractivity contribution in [3.63, 3.8) is 0 Å². The van der Waals surface area contributed by atoms with Gasteiger partial charge in [-0.25, -0.2) is 0 Å². The lowest BCUT2D eigenvalue weighted by atomic mass is 9.83. The highest BCUT2D eigenvalue weighted by Gasteiger charge is 2.41. The van der Waals surface area contributed by atoms with E-state index >= 15 is 0 Å². The number of thiophene rings is 1. The second-order valence-corrected chi connectivity index (χ2v) is 6.34. The van der Waals surface area contributed by atoms with Crippen molar-refractivity contribution in [1.29, 1.82) is 0 Å². The van der Waals surface area contributed by atoms with Crippen LogP contribution < -0.4 is 0 Å². The van der Waals surface area contributed by atoms with Crippen LogP contribution in [0.15, 0.2) is 17.5 Å². The van der Waals surface area contributed by atoms with Gasteiger partial charge in [0.2, 0.25) is 0 Å². The minimum atomic E-state index is -0.246. The van der Waals surface area contributed by atoms with Gasteiger partial charge in [-0.1, -0.05) is 19.9 Å². The molecular formula is C15H25NOS. The van der Waals surface area contributed by atoms with Crippen molar-refractivity contribution in [3.8, 4) is 0 Å². The first-order chi connectivity index (χ1) is 8.73. The fourth-order valence-corrected chi connectivity index (χ4v) is 4.09. The zero-order valence-corrected chi connectivity index (χ0v) is 12.4. The molecule has 1 aromatic rings. The first kappa shape index (κ1) is 14.0. The predicted octanol–water partition coefficient (Wildman–Crippen LogP) is 3.31. The smallest absolute Gasteiger partial charge is 0.0771 e. The van der Waals surface area contributed by atoms with Crippen molar-refractivity contribution in [2.75, 3.05) is 13.1 Å². The molecule has 0 saturated carbocycles. The Morgan fingerprint density at radius 2 is 2.00 bits per heavy atom. The third-order valence-corrected chi connectivity index (χ3v) is 5.45. The molecule has 2 rings (SSSR count). The molecule has 1 aliphatic heterocycles. The molecule has 3 heteroatoms. The number of hydrogen-bond donors (Lipinski definition) is 1. The van der Waals surface area contributed by atoms with E-state index in [0.717, 1.165) is 32.4 Å². The van der Waals surface area contributed by atoms with Crippen LogP contribution in [-0.2, 0) is 6.42 Å². The summed E-state index contributed by atoms with van der Waals surface area (Å²) in [6, 6.07) is 4.20. The maximum atomic E-state index is 10.8. The van der Waals surface area contributed by atoms with Crippen molar-refractivity contribution >= 4 is 11.3 Å². The Labute approximate surface area is 115 Å². The summed E-state index contributed by atoms with van der Waals surface area (Å²) in [5, 5.41) is 12.9. The van der Waals surface area contributed by atoms with E-state index < -0.39 is 0 Å². The summed E-state index contributed by atoms with van der Waals surface area (Å²) in [6.07, 6.45) is 5.20. The van der Waals surface area contributed by atoms with Gasteiger partial charge in [-0.2, -0.15) is 0 Å². The maximum absolute atomic E-state index is 10.8. The van der Waals surface area contributed by atoms with E-state index in [9.17, 15) is 5.11 Å². The monoisotopic (exact) mass is 267 g/mol. The van der Waals surface area contributed by atoms with E-state index in [-0.39, 0.29) is 11.6 Å². The Morgan fingerprint density at radius 3 is 2.50 bits per heavy atom. The third kappa shape index (κ3) is 2.63. The SMILES string of the molecule is CCC(CC)(C(O)Cc1cccs1)N1CCCC1. The molecule has 0 aliphatic carbocycles. The van der Waals surface area contributed by atoms with Crippen LogP contribution >= 0.6 is 11.3 Å². The van der Waals surface area contributed by atoms with Crippen LogP contribution in [0.4, 0.5) is 0 Å². The molecule has 1 fully saturated rings. The van der Waals surface area contributed by atoms with E-state index in [1.165, 1.54) is 17.7 Å². The van der Waals surface area contributed by atoms with Gasteiger partial charge in [-0.15, -0.1) is 11.3 Å². The molecule has 1 unspecified atom stereocenters. The van der Waals surface area contributed by atoms with Gasteiger partial charge in [-0.05, 0) is 50.2 Å². The molecule has 1 atom stereocenters. The average molecular weight is 267 g/mol. The molecule has 1 aromatic heterocycles. The molecule has 102 valence electrons. The lowest BCUT2D eigenvalue weighted by Crippen LogP contribution is -2.55. The molecule has 0 bridgehead atoms. The van der Waals surface area contributed by atoms with Gasteiger partial charge in [0.25, 0.3) is 0 Å². The summed E-state index contributed by atoms with van der Waals surface area (Å²) in [4.78, 5) is 3.83. The Bertz CT molecular complexity index is 339. The topological polar surface area (TPSA) is 23.5 Å². The summed E-state index contributed by atoms with van der Waals surface area (Å²) in [5.41, 5.74) is -0.0134. The zero-order chi connectivity index (χ0) is 13.0. The number of likely N-dealkylation sites (tertiary alicyclic amines) is 1. The molecule has 0 radical (unpaired) electrons. The van der Waals surface area contributed by atoms with Gasteiger partial charge in [0.05, 0.1) is 6.10 Å². The molecule has 0 amide bonds. The molecule has 2 heterocycles. The van der Waals surface area contributed by atoms with Gasteiger partial charge in [0.15, 0.2) is 0 Å². The fraction of sp³-hybridized carbons (Fsp3) is 0.733. The van der Waals surface area contributed by atoms with Crippen LogP contribution in [0.25, 0.3) is 0 Å². The second-order valence-electron chi connectivity index (χ2n) is 5.30. The van der Waals surface area contributed by atoms with Crippen molar-refractivity contribution in [2.24, 2.45) is 0 Å². The Kier molecular flexibility index (Phi) is 4.82. The maximum Gasteiger partial charge on any atom is 0.0771 e. The lowest BCUT2D eigenvalue weighted by Gasteiger charge is -2.44. The van der Waals surface area contributed by atoms with Gasteiger partial charge in [0, 0.05) is 16.8 Å².